The van der Waals surface area contributed by atoms with Gasteiger partial charge in [0.2, 0.25) is 5.78 Å². The van der Waals surface area contributed by atoms with Gasteiger partial charge in [0, 0.05) is 5.56 Å². The second-order valence-electron chi connectivity index (χ2n) is 2.67. The molecular formula is C9H6BrClF2O2. The summed E-state index contributed by atoms with van der Waals surface area (Å²) >= 11 is 7.60. The number of carbonyl (C=O) groups excluding carboxylic acids is 1. The van der Waals surface area contributed by atoms with E-state index in [1.165, 1.54) is 25.3 Å². The summed E-state index contributed by atoms with van der Waals surface area (Å²) in [5.41, 5.74) is -0.280. The third-order valence-corrected chi connectivity index (χ3v) is 2.37. The van der Waals surface area contributed by atoms with Crippen LogP contribution < -0.4 is 4.74 Å². The molecule has 0 heterocycles. The maximum absolute atomic E-state index is 12.7. The molecular weight excluding hydrogens is 293 g/mol. The van der Waals surface area contributed by atoms with Crippen molar-refractivity contribution in [2.75, 3.05) is 7.11 Å². The molecule has 0 N–H and O–H groups in total. The quantitative estimate of drug-likeness (QED) is 0.630. The van der Waals surface area contributed by atoms with Crippen LogP contribution in [0.2, 0.25) is 5.02 Å². The first-order valence-electron chi connectivity index (χ1n) is 3.81. The van der Waals surface area contributed by atoms with Gasteiger partial charge in [-0.3, -0.25) is 4.79 Å². The number of alkyl halides is 3. The lowest BCUT2D eigenvalue weighted by molar-refractivity contribution is 0.0592. The topological polar surface area (TPSA) is 26.3 Å². The number of rotatable bonds is 3. The monoisotopic (exact) mass is 298 g/mol. The molecule has 1 aromatic carbocycles. The van der Waals surface area contributed by atoms with E-state index >= 15 is 0 Å². The van der Waals surface area contributed by atoms with Gasteiger partial charge in [0.25, 0.3) is 0 Å². The second kappa shape index (κ2) is 4.45. The number of hydrogen-bond acceptors (Lipinski definition) is 2. The Morgan fingerprint density at radius 2 is 2.13 bits per heavy atom. The maximum atomic E-state index is 12.7. The summed E-state index contributed by atoms with van der Waals surface area (Å²) in [6, 6.07) is 3.97. The molecule has 0 bridgehead atoms. The summed E-state index contributed by atoms with van der Waals surface area (Å²) in [5, 5.41) is -0.0417. The number of hydrogen-bond donors (Lipinski definition) is 0. The van der Waals surface area contributed by atoms with Gasteiger partial charge >= 0.3 is 4.83 Å². The van der Waals surface area contributed by atoms with E-state index in [2.05, 4.69) is 0 Å². The van der Waals surface area contributed by atoms with Crippen molar-refractivity contribution < 1.29 is 18.3 Å². The fourth-order valence-corrected chi connectivity index (χ4v) is 1.38. The Balaban J connectivity index is 3.19. The number of Topliss-reactive ketones (excluding diaryl/α,β-unsaturated/α-hetero) is 1. The van der Waals surface area contributed by atoms with Crippen LogP contribution in [0.3, 0.4) is 0 Å². The Labute approximate surface area is 98.3 Å². The van der Waals surface area contributed by atoms with Gasteiger partial charge < -0.3 is 4.74 Å². The SMILES string of the molecule is COc1ccc(Cl)c(C(=O)C(F)(F)Br)c1. The normalized spacial score (nSPS) is 11.3. The summed E-state index contributed by atoms with van der Waals surface area (Å²) in [6.07, 6.45) is 0. The fraction of sp³-hybridized carbons (Fsp3) is 0.222. The highest BCUT2D eigenvalue weighted by atomic mass is 79.9. The van der Waals surface area contributed by atoms with Gasteiger partial charge in [0.1, 0.15) is 5.75 Å². The summed E-state index contributed by atoms with van der Waals surface area (Å²) in [6.45, 7) is 0. The van der Waals surface area contributed by atoms with Crippen molar-refractivity contribution in [3.8, 4) is 5.75 Å². The lowest BCUT2D eigenvalue weighted by Crippen LogP contribution is -2.21. The van der Waals surface area contributed by atoms with Gasteiger partial charge in [-0.25, -0.2) is 0 Å². The van der Waals surface area contributed by atoms with Crippen LogP contribution in [-0.4, -0.2) is 17.7 Å². The van der Waals surface area contributed by atoms with E-state index in [1.807, 2.05) is 15.9 Å². The number of ketones is 1. The van der Waals surface area contributed by atoms with E-state index in [1.54, 1.807) is 0 Å². The van der Waals surface area contributed by atoms with Crippen LogP contribution in [0.5, 0.6) is 5.75 Å². The van der Waals surface area contributed by atoms with Crippen LogP contribution in [0.15, 0.2) is 18.2 Å². The van der Waals surface area contributed by atoms with Gasteiger partial charge in [-0.2, -0.15) is 8.78 Å². The summed E-state index contributed by atoms with van der Waals surface area (Å²) in [7, 11) is 1.36. The van der Waals surface area contributed by atoms with Crippen LogP contribution >= 0.6 is 27.5 Å². The summed E-state index contributed by atoms with van der Waals surface area (Å²) < 4.78 is 30.2. The Kier molecular flexibility index (Phi) is 3.67. The molecule has 0 unspecified atom stereocenters. The molecule has 0 radical (unpaired) electrons. The van der Waals surface area contributed by atoms with E-state index in [0.29, 0.717) is 5.75 Å². The van der Waals surface area contributed by atoms with Gasteiger partial charge in [0.05, 0.1) is 12.1 Å². The van der Waals surface area contributed by atoms with Crippen molar-refractivity contribution in [3.63, 3.8) is 0 Å². The molecule has 0 amide bonds. The number of halogens is 4. The van der Waals surface area contributed by atoms with Crippen molar-refractivity contribution in [1.29, 1.82) is 0 Å². The molecule has 6 heteroatoms. The third-order valence-electron chi connectivity index (χ3n) is 1.68. The van der Waals surface area contributed by atoms with Crippen molar-refractivity contribution in [3.05, 3.63) is 28.8 Å². The smallest absolute Gasteiger partial charge is 0.363 e. The Bertz CT molecular complexity index is 390. The average molecular weight is 299 g/mol. The largest absolute Gasteiger partial charge is 0.497 e. The van der Waals surface area contributed by atoms with Crippen molar-refractivity contribution in [1.82, 2.24) is 0 Å². The first-order chi connectivity index (χ1) is 6.86. The molecule has 0 spiro atoms. The first-order valence-corrected chi connectivity index (χ1v) is 4.98. The van der Waals surface area contributed by atoms with Crippen LogP contribution in [0, 0.1) is 0 Å². The molecule has 0 aliphatic rings. The first kappa shape index (κ1) is 12.4. The van der Waals surface area contributed by atoms with E-state index in [4.69, 9.17) is 16.3 Å². The van der Waals surface area contributed by atoms with E-state index in [0.717, 1.165) is 0 Å². The number of carbonyl (C=O) groups is 1. The van der Waals surface area contributed by atoms with Crippen molar-refractivity contribution in [2.24, 2.45) is 0 Å². The minimum Gasteiger partial charge on any atom is -0.497 e. The Morgan fingerprint density at radius 3 is 2.60 bits per heavy atom. The zero-order chi connectivity index (χ0) is 11.6. The molecule has 1 aromatic rings. The van der Waals surface area contributed by atoms with Crippen LogP contribution in [-0.2, 0) is 0 Å². The zero-order valence-corrected chi connectivity index (χ0v) is 9.90. The minimum absolute atomic E-state index is 0.0417. The summed E-state index contributed by atoms with van der Waals surface area (Å²) in [4.78, 5) is 7.60. The molecule has 0 saturated carbocycles. The molecule has 82 valence electrons. The van der Waals surface area contributed by atoms with E-state index in [9.17, 15) is 13.6 Å². The molecule has 0 atom stereocenters. The maximum Gasteiger partial charge on any atom is 0.363 e. The predicted molar refractivity (Wildman–Crippen MR) is 56.2 cm³/mol. The predicted octanol–water partition coefficient (Wildman–Crippen LogP) is 3.52. The summed E-state index contributed by atoms with van der Waals surface area (Å²) in [5.74, 6) is -1.11. The van der Waals surface area contributed by atoms with Crippen molar-refractivity contribution >= 4 is 33.3 Å². The Hall–Kier alpha value is -0.680. The van der Waals surface area contributed by atoms with Gasteiger partial charge in [-0.15, -0.1) is 0 Å². The number of methoxy groups -OCH3 is 1. The molecule has 0 aromatic heterocycles. The average Bonchev–Trinajstić information content (AvgIpc) is 2.16. The molecule has 0 aliphatic heterocycles. The fourth-order valence-electron chi connectivity index (χ4n) is 0.958. The number of benzene rings is 1. The second-order valence-corrected chi connectivity index (χ2v) is 4.08. The lowest BCUT2D eigenvalue weighted by Gasteiger charge is -2.09. The molecule has 0 fully saturated rings. The van der Waals surface area contributed by atoms with Crippen LogP contribution in [0.1, 0.15) is 10.4 Å². The molecule has 0 saturated heterocycles. The third kappa shape index (κ3) is 2.89. The highest BCUT2D eigenvalue weighted by Gasteiger charge is 2.37. The molecule has 2 nitrogen and oxygen atoms in total. The van der Waals surface area contributed by atoms with Crippen molar-refractivity contribution in [2.45, 2.75) is 4.83 Å². The lowest BCUT2D eigenvalue weighted by atomic mass is 10.1. The molecule has 1 rings (SSSR count). The van der Waals surface area contributed by atoms with Gasteiger partial charge in [-0.05, 0) is 34.1 Å². The van der Waals surface area contributed by atoms with Crippen LogP contribution in [0.4, 0.5) is 8.78 Å². The van der Waals surface area contributed by atoms with E-state index < -0.39 is 10.6 Å². The van der Waals surface area contributed by atoms with Crippen LogP contribution in [0.25, 0.3) is 0 Å². The number of ether oxygens (including phenoxy) is 1. The van der Waals surface area contributed by atoms with Gasteiger partial charge in [0.15, 0.2) is 0 Å². The van der Waals surface area contributed by atoms with Gasteiger partial charge in [-0.1, -0.05) is 11.6 Å². The highest BCUT2D eigenvalue weighted by molar-refractivity contribution is 9.10. The molecule has 0 aliphatic carbocycles. The van der Waals surface area contributed by atoms with E-state index in [-0.39, 0.29) is 10.6 Å². The Morgan fingerprint density at radius 1 is 1.53 bits per heavy atom. The zero-order valence-electron chi connectivity index (χ0n) is 7.56. The molecule has 15 heavy (non-hydrogen) atoms. The standard InChI is InChI=1S/C9H6BrClF2O2/c1-15-5-2-3-7(11)6(4-5)8(14)9(10,12)13/h2-4H,1H3. The minimum atomic E-state index is -3.62. The highest BCUT2D eigenvalue weighted by Crippen LogP contribution is 2.31.